The van der Waals surface area contributed by atoms with Crippen LogP contribution >= 0.6 is 0 Å². The fourth-order valence-corrected chi connectivity index (χ4v) is 2.88. The molecule has 1 N–H and O–H groups in total. The molecule has 18 heavy (non-hydrogen) atoms. The lowest BCUT2D eigenvalue weighted by Gasteiger charge is -2.42. The molecule has 100 valence electrons. The van der Waals surface area contributed by atoms with Gasteiger partial charge in [-0.15, -0.1) is 0 Å². The molecule has 0 saturated carbocycles. The largest absolute Gasteiger partial charge is 0.370 e. The Morgan fingerprint density at radius 3 is 2.83 bits per heavy atom. The first kappa shape index (κ1) is 13.2. The second kappa shape index (κ2) is 5.59. The first-order valence-corrected chi connectivity index (χ1v) is 7.09. The Bertz CT molecular complexity index is 391. The van der Waals surface area contributed by atoms with Crippen molar-refractivity contribution in [3.63, 3.8) is 0 Å². The van der Waals surface area contributed by atoms with E-state index in [-0.39, 0.29) is 0 Å². The summed E-state index contributed by atoms with van der Waals surface area (Å²) in [5.74, 6) is 3.58. The number of piperidine rings is 1. The quantitative estimate of drug-likeness (QED) is 0.887. The number of rotatable bonds is 3. The number of nitrogens with one attached hydrogen (secondary N) is 1. The third-order valence-electron chi connectivity index (χ3n) is 3.98. The van der Waals surface area contributed by atoms with Crippen LogP contribution in [0.25, 0.3) is 0 Å². The van der Waals surface area contributed by atoms with E-state index in [1.54, 1.807) is 0 Å². The van der Waals surface area contributed by atoms with Gasteiger partial charge in [0.05, 0.1) is 0 Å². The zero-order valence-corrected chi connectivity index (χ0v) is 12.0. The summed E-state index contributed by atoms with van der Waals surface area (Å²) in [6.07, 6.45) is 1.32. The second-order valence-corrected chi connectivity index (χ2v) is 5.62. The molecule has 0 bridgehead atoms. The zero-order chi connectivity index (χ0) is 13.1. The van der Waals surface area contributed by atoms with Crippen LogP contribution < -0.4 is 10.2 Å². The van der Waals surface area contributed by atoms with Crippen molar-refractivity contribution in [3.8, 4) is 0 Å². The number of hydrogen-bond donors (Lipinski definition) is 1. The minimum Gasteiger partial charge on any atom is -0.370 e. The van der Waals surface area contributed by atoms with Gasteiger partial charge in [-0.1, -0.05) is 19.9 Å². The first-order valence-electron chi connectivity index (χ1n) is 7.09. The first-order chi connectivity index (χ1) is 8.61. The van der Waals surface area contributed by atoms with Crippen molar-refractivity contribution in [3.05, 3.63) is 18.2 Å². The molecule has 2 rings (SSSR count). The highest BCUT2D eigenvalue weighted by Gasteiger charge is 2.29. The molecule has 0 spiro atoms. The highest BCUT2D eigenvalue weighted by Crippen LogP contribution is 2.30. The molecule has 1 fully saturated rings. The van der Waals surface area contributed by atoms with E-state index in [0.717, 1.165) is 36.6 Å². The molecule has 3 atom stereocenters. The van der Waals surface area contributed by atoms with Crippen LogP contribution in [0.3, 0.4) is 0 Å². The van der Waals surface area contributed by atoms with Gasteiger partial charge in [-0.3, -0.25) is 0 Å². The lowest BCUT2D eigenvalue weighted by molar-refractivity contribution is 0.295. The standard InChI is InChI=1S/C15H25N3/c1-5-16-14-7-6-8-15(17-14)18-10-11(2)9-12(3)13(18)4/h6-8,11-13H,5,9-10H2,1-4H3,(H,16,17). The summed E-state index contributed by atoms with van der Waals surface area (Å²) < 4.78 is 0. The monoisotopic (exact) mass is 247 g/mol. The molecule has 0 radical (unpaired) electrons. The summed E-state index contributed by atoms with van der Waals surface area (Å²) >= 11 is 0. The van der Waals surface area contributed by atoms with Crippen LogP contribution in [0, 0.1) is 11.8 Å². The Kier molecular flexibility index (Phi) is 4.10. The normalized spacial score (nSPS) is 28.2. The molecule has 1 aromatic rings. The van der Waals surface area contributed by atoms with Gasteiger partial charge in [0.25, 0.3) is 0 Å². The van der Waals surface area contributed by atoms with Crippen LogP contribution in [0.4, 0.5) is 11.6 Å². The van der Waals surface area contributed by atoms with Crippen molar-refractivity contribution in [1.29, 1.82) is 0 Å². The minimum atomic E-state index is 0.575. The Balaban J connectivity index is 2.20. The van der Waals surface area contributed by atoms with Crippen molar-refractivity contribution >= 4 is 11.6 Å². The summed E-state index contributed by atoms with van der Waals surface area (Å²) in [4.78, 5) is 7.18. The lowest BCUT2D eigenvalue weighted by atomic mass is 9.86. The van der Waals surface area contributed by atoms with Crippen LogP contribution in [0.5, 0.6) is 0 Å². The van der Waals surface area contributed by atoms with Crippen molar-refractivity contribution in [2.45, 2.75) is 40.2 Å². The average Bonchev–Trinajstić information content (AvgIpc) is 2.34. The van der Waals surface area contributed by atoms with Gasteiger partial charge >= 0.3 is 0 Å². The maximum Gasteiger partial charge on any atom is 0.131 e. The summed E-state index contributed by atoms with van der Waals surface area (Å²) in [7, 11) is 0. The van der Waals surface area contributed by atoms with Gasteiger partial charge in [0.15, 0.2) is 0 Å². The maximum atomic E-state index is 4.72. The Hall–Kier alpha value is -1.25. The van der Waals surface area contributed by atoms with Gasteiger partial charge in [0.1, 0.15) is 11.6 Å². The lowest BCUT2D eigenvalue weighted by Crippen LogP contribution is -2.46. The third kappa shape index (κ3) is 2.77. The minimum absolute atomic E-state index is 0.575. The molecule has 1 aliphatic heterocycles. The van der Waals surface area contributed by atoms with Crippen LogP contribution in [0.15, 0.2) is 18.2 Å². The Morgan fingerprint density at radius 1 is 1.33 bits per heavy atom. The fraction of sp³-hybridized carbons (Fsp3) is 0.667. The summed E-state index contributed by atoms with van der Waals surface area (Å²) in [6, 6.07) is 6.83. The molecule has 1 saturated heterocycles. The van der Waals surface area contributed by atoms with Crippen molar-refractivity contribution in [1.82, 2.24) is 4.98 Å². The number of hydrogen-bond acceptors (Lipinski definition) is 3. The molecule has 0 aliphatic carbocycles. The van der Waals surface area contributed by atoms with E-state index in [4.69, 9.17) is 4.98 Å². The Morgan fingerprint density at radius 2 is 2.11 bits per heavy atom. The van der Waals surface area contributed by atoms with Crippen LogP contribution in [0.2, 0.25) is 0 Å². The van der Waals surface area contributed by atoms with E-state index in [1.807, 2.05) is 6.07 Å². The predicted molar refractivity (Wildman–Crippen MR) is 78.2 cm³/mol. The highest BCUT2D eigenvalue weighted by atomic mass is 15.2. The molecule has 2 heterocycles. The molecule has 3 unspecified atom stereocenters. The summed E-state index contributed by atoms with van der Waals surface area (Å²) in [5, 5.41) is 3.29. The summed E-state index contributed by atoms with van der Waals surface area (Å²) in [6.45, 7) is 11.1. The SMILES string of the molecule is CCNc1cccc(N2CC(C)CC(C)C2C)n1. The van der Waals surface area contributed by atoms with Crippen LogP contribution in [-0.4, -0.2) is 24.1 Å². The van der Waals surface area contributed by atoms with Gasteiger partial charge in [-0.05, 0) is 44.2 Å². The third-order valence-corrected chi connectivity index (χ3v) is 3.98. The molecule has 1 aromatic heterocycles. The van der Waals surface area contributed by atoms with E-state index < -0.39 is 0 Å². The van der Waals surface area contributed by atoms with E-state index in [1.165, 1.54) is 6.42 Å². The Labute approximate surface area is 111 Å². The van der Waals surface area contributed by atoms with E-state index in [9.17, 15) is 0 Å². The predicted octanol–water partition coefficient (Wildman–Crippen LogP) is 3.38. The van der Waals surface area contributed by atoms with E-state index >= 15 is 0 Å². The number of anilines is 2. The van der Waals surface area contributed by atoms with Gasteiger partial charge in [-0.2, -0.15) is 0 Å². The van der Waals surface area contributed by atoms with Crippen LogP contribution in [-0.2, 0) is 0 Å². The highest BCUT2D eigenvalue weighted by molar-refractivity contribution is 5.48. The molecule has 3 nitrogen and oxygen atoms in total. The molecule has 3 heteroatoms. The van der Waals surface area contributed by atoms with Gasteiger partial charge in [-0.25, -0.2) is 4.98 Å². The fourth-order valence-electron chi connectivity index (χ4n) is 2.88. The summed E-state index contributed by atoms with van der Waals surface area (Å²) in [5.41, 5.74) is 0. The number of nitrogens with zero attached hydrogens (tertiary/aromatic N) is 2. The topological polar surface area (TPSA) is 28.2 Å². The van der Waals surface area contributed by atoms with E-state index in [0.29, 0.717) is 6.04 Å². The number of pyridine rings is 1. The van der Waals surface area contributed by atoms with Crippen molar-refractivity contribution in [2.24, 2.45) is 11.8 Å². The van der Waals surface area contributed by atoms with Gasteiger partial charge in [0, 0.05) is 19.1 Å². The smallest absolute Gasteiger partial charge is 0.131 e. The molecular formula is C15H25N3. The van der Waals surface area contributed by atoms with Gasteiger partial charge in [0.2, 0.25) is 0 Å². The maximum absolute atomic E-state index is 4.72. The molecular weight excluding hydrogens is 222 g/mol. The molecule has 0 aromatic carbocycles. The molecule has 1 aliphatic rings. The zero-order valence-electron chi connectivity index (χ0n) is 12.0. The van der Waals surface area contributed by atoms with Crippen molar-refractivity contribution < 1.29 is 0 Å². The number of aromatic nitrogens is 1. The second-order valence-electron chi connectivity index (χ2n) is 5.62. The van der Waals surface area contributed by atoms with Gasteiger partial charge < -0.3 is 10.2 Å². The van der Waals surface area contributed by atoms with Crippen LogP contribution in [0.1, 0.15) is 34.1 Å². The van der Waals surface area contributed by atoms with E-state index in [2.05, 4.69) is 50.0 Å². The molecule has 0 amide bonds. The van der Waals surface area contributed by atoms with Crippen molar-refractivity contribution in [2.75, 3.05) is 23.3 Å². The average molecular weight is 247 g/mol.